The minimum atomic E-state index is -1.71. The number of hydrogen-bond acceptors (Lipinski definition) is 7. The van der Waals surface area contributed by atoms with Crippen molar-refractivity contribution in [2.75, 3.05) is 40.6 Å². The summed E-state index contributed by atoms with van der Waals surface area (Å²) in [4.78, 5) is 25.0. The van der Waals surface area contributed by atoms with E-state index < -0.39 is 23.5 Å². The van der Waals surface area contributed by atoms with E-state index in [1.165, 1.54) is 38.5 Å². The van der Waals surface area contributed by atoms with Crippen LogP contribution in [0.5, 0.6) is 0 Å². The van der Waals surface area contributed by atoms with E-state index in [1.54, 1.807) is 0 Å². The van der Waals surface area contributed by atoms with Gasteiger partial charge in [-0.3, -0.25) is 4.79 Å². The molecule has 0 saturated carbocycles. The van der Waals surface area contributed by atoms with E-state index in [4.69, 9.17) is 24.2 Å². The van der Waals surface area contributed by atoms with E-state index in [0.29, 0.717) is 17.7 Å². The molecule has 0 aliphatic rings. The topological polar surface area (TPSA) is 127 Å². The summed E-state index contributed by atoms with van der Waals surface area (Å²) in [5, 5.41) is 21.7. The van der Waals surface area contributed by atoms with Crippen LogP contribution in [0.1, 0.15) is 27.9 Å². The molecule has 0 bridgehead atoms. The van der Waals surface area contributed by atoms with Crippen molar-refractivity contribution in [3.8, 4) is 6.07 Å². The fourth-order valence-electron chi connectivity index (χ4n) is 3.23. The SMILES string of the molecule is COCCOC[C@H](C[C@](COCc1ccccc1)(OC)C(=O)O)NC(=O)c1ccc(C#N)cc1. The summed E-state index contributed by atoms with van der Waals surface area (Å²) in [6.07, 6.45) is -0.0946. The molecule has 182 valence electrons. The summed E-state index contributed by atoms with van der Waals surface area (Å²) in [5.74, 6) is -1.64. The van der Waals surface area contributed by atoms with Gasteiger partial charge in [0.25, 0.3) is 5.91 Å². The Labute approximate surface area is 199 Å². The third kappa shape index (κ3) is 8.24. The monoisotopic (exact) mass is 470 g/mol. The van der Waals surface area contributed by atoms with Gasteiger partial charge >= 0.3 is 5.97 Å². The smallest absolute Gasteiger partial charge is 0.338 e. The number of carbonyl (C=O) groups is 2. The second-order valence-electron chi connectivity index (χ2n) is 7.61. The first kappa shape index (κ1) is 27.0. The quantitative estimate of drug-likeness (QED) is 0.380. The lowest BCUT2D eigenvalue weighted by molar-refractivity contribution is -0.173. The number of nitrogens with one attached hydrogen (secondary N) is 1. The van der Waals surface area contributed by atoms with Crippen LogP contribution in [0.25, 0.3) is 0 Å². The maximum atomic E-state index is 12.8. The van der Waals surface area contributed by atoms with Crippen LogP contribution in [0, 0.1) is 11.3 Å². The van der Waals surface area contributed by atoms with E-state index in [0.717, 1.165) is 5.56 Å². The maximum Gasteiger partial charge on any atom is 0.338 e. The molecule has 0 aliphatic carbocycles. The number of nitriles is 1. The van der Waals surface area contributed by atoms with Crippen molar-refractivity contribution in [1.82, 2.24) is 5.32 Å². The minimum Gasteiger partial charge on any atom is -0.479 e. The van der Waals surface area contributed by atoms with E-state index >= 15 is 0 Å². The highest BCUT2D eigenvalue weighted by Crippen LogP contribution is 2.21. The molecule has 0 fully saturated rings. The Bertz CT molecular complexity index is 944. The molecule has 34 heavy (non-hydrogen) atoms. The highest BCUT2D eigenvalue weighted by Gasteiger charge is 2.42. The largest absolute Gasteiger partial charge is 0.479 e. The van der Waals surface area contributed by atoms with Crippen LogP contribution < -0.4 is 5.32 Å². The first-order valence-electron chi connectivity index (χ1n) is 10.7. The molecule has 2 aromatic carbocycles. The van der Waals surface area contributed by atoms with Crippen molar-refractivity contribution in [3.05, 3.63) is 71.3 Å². The summed E-state index contributed by atoms with van der Waals surface area (Å²) in [5.41, 5.74) is -0.0518. The lowest BCUT2D eigenvalue weighted by atomic mass is 9.95. The molecular weight excluding hydrogens is 440 g/mol. The second kappa shape index (κ2) is 14.1. The Hall–Kier alpha value is -3.29. The van der Waals surface area contributed by atoms with Gasteiger partial charge in [0.15, 0.2) is 5.60 Å². The third-order valence-electron chi connectivity index (χ3n) is 5.17. The summed E-state index contributed by atoms with van der Waals surface area (Å²) >= 11 is 0. The van der Waals surface area contributed by atoms with Gasteiger partial charge in [-0.25, -0.2) is 4.79 Å². The Morgan fingerprint density at radius 3 is 2.35 bits per heavy atom. The van der Waals surface area contributed by atoms with Gasteiger partial charge in [0.05, 0.1) is 50.7 Å². The summed E-state index contributed by atoms with van der Waals surface area (Å²) in [6.45, 7) is 0.658. The van der Waals surface area contributed by atoms with E-state index in [-0.39, 0.29) is 32.8 Å². The summed E-state index contributed by atoms with van der Waals surface area (Å²) in [7, 11) is 2.84. The van der Waals surface area contributed by atoms with Crippen molar-refractivity contribution >= 4 is 11.9 Å². The zero-order chi connectivity index (χ0) is 24.8. The van der Waals surface area contributed by atoms with Crippen molar-refractivity contribution in [2.24, 2.45) is 0 Å². The number of amides is 1. The Morgan fingerprint density at radius 1 is 1.06 bits per heavy atom. The average Bonchev–Trinajstić information content (AvgIpc) is 2.86. The summed E-state index contributed by atoms with van der Waals surface area (Å²) < 4.78 is 21.7. The first-order chi connectivity index (χ1) is 16.4. The standard InChI is InChI=1S/C25H30N2O7/c1-31-12-13-33-17-22(27-23(28)21-10-8-19(15-26)9-11-21)14-25(32-2,24(29)30)18-34-16-20-6-4-3-5-7-20/h3-11,22H,12-14,16-18H2,1-2H3,(H,27,28)(H,29,30)/t22-,25+/m0/s1. The first-order valence-corrected chi connectivity index (χ1v) is 10.7. The van der Waals surface area contributed by atoms with Crippen molar-refractivity contribution in [1.29, 1.82) is 5.26 Å². The molecule has 0 aliphatic heterocycles. The molecule has 0 heterocycles. The van der Waals surface area contributed by atoms with E-state index in [1.807, 2.05) is 36.4 Å². The van der Waals surface area contributed by atoms with Crippen molar-refractivity contribution < 1.29 is 33.6 Å². The van der Waals surface area contributed by atoms with Gasteiger partial charge in [-0.1, -0.05) is 30.3 Å². The molecule has 2 atom stereocenters. The number of rotatable bonds is 15. The highest BCUT2D eigenvalue weighted by molar-refractivity contribution is 5.94. The number of benzene rings is 2. The van der Waals surface area contributed by atoms with Crippen LogP contribution in [0.2, 0.25) is 0 Å². The number of carbonyl (C=O) groups excluding carboxylic acids is 1. The number of aliphatic carboxylic acids is 1. The van der Waals surface area contributed by atoms with Gasteiger partial charge in [-0.15, -0.1) is 0 Å². The molecule has 2 N–H and O–H groups in total. The number of carboxylic acids is 1. The molecule has 9 heteroatoms. The summed E-state index contributed by atoms with van der Waals surface area (Å²) in [6, 6.07) is 16.8. The molecule has 2 rings (SSSR count). The predicted molar refractivity (Wildman–Crippen MR) is 123 cm³/mol. The average molecular weight is 471 g/mol. The fourth-order valence-corrected chi connectivity index (χ4v) is 3.23. The van der Waals surface area contributed by atoms with Gasteiger partial charge in [-0.05, 0) is 29.8 Å². The zero-order valence-electron chi connectivity index (χ0n) is 19.4. The second-order valence-corrected chi connectivity index (χ2v) is 7.61. The molecule has 0 radical (unpaired) electrons. The normalized spacial score (nSPS) is 13.4. The van der Waals surface area contributed by atoms with E-state index in [9.17, 15) is 14.7 Å². The molecular formula is C25H30N2O7. The predicted octanol–water partition coefficient (Wildman–Crippen LogP) is 2.40. The van der Waals surface area contributed by atoms with Crippen LogP contribution in [-0.2, 0) is 30.3 Å². The number of nitrogens with zero attached hydrogens (tertiary/aromatic N) is 1. The number of carboxylic acid groups (broad SMARTS) is 1. The molecule has 0 unspecified atom stereocenters. The van der Waals surface area contributed by atoms with Crippen LogP contribution >= 0.6 is 0 Å². The maximum absolute atomic E-state index is 12.8. The number of hydrogen-bond donors (Lipinski definition) is 2. The molecule has 2 aromatic rings. The van der Waals surface area contributed by atoms with Gasteiger partial charge < -0.3 is 29.4 Å². The molecule has 0 aromatic heterocycles. The van der Waals surface area contributed by atoms with Crippen LogP contribution in [0.15, 0.2) is 54.6 Å². The highest BCUT2D eigenvalue weighted by atomic mass is 16.6. The minimum absolute atomic E-state index is 0.0441. The Balaban J connectivity index is 2.13. The van der Waals surface area contributed by atoms with Crippen molar-refractivity contribution in [3.63, 3.8) is 0 Å². The molecule has 0 saturated heterocycles. The van der Waals surface area contributed by atoms with Gasteiger partial charge in [0.1, 0.15) is 0 Å². The van der Waals surface area contributed by atoms with Gasteiger partial charge in [0, 0.05) is 26.2 Å². The molecule has 1 amide bonds. The Morgan fingerprint density at radius 2 is 1.76 bits per heavy atom. The van der Waals surface area contributed by atoms with Gasteiger partial charge in [-0.2, -0.15) is 5.26 Å². The number of ether oxygens (including phenoxy) is 4. The number of methoxy groups -OCH3 is 2. The van der Waals surface area contributed by atoms with Crippen molar-refractivity contribution in [2.45, 2.75) is 24.7 Å². The lowest BCUT2D eigenvalue weighted by Gasteiger charge is -2.32. The van der Waals surface area contributed by atoms with Crippen LogP contribution in [0.3, 0.4) is 0 Å². The third-order valence-corrected chi connectivity index (χ3v) is 5.17. The fraction of sp³-hybridized carbons (Fsp3) is 0.400. The zero-order valence-corrected chi connectivity index (χ0v) is 19.4. The van der Waals surface area contributed by atoms with Crippen LogP contribution in [-0.4, -0.2) is 69.3 Å². The Kier molecular flexibility index (Phi) is 11.2. The lowest BCUT2D eigenvalue weighted by Crippen LogP contribution is -2.52. The molecule has 0 spiro atoms. The molecule has 9 nitrogen and oxygen atoms in total. The van der Waals surface area contributed by atoms with E-state index in [2.05, 4.69) is 5.32 Å². The van der Waals surface area contributed by atoms with Crippen LogP contribution in [0.4, 0.5) is 0 Å². The van der Waals surface area contributed by atoms with Gasteiger partial charge in [0.2, 0.25) is 0 Å².